The molecule has 1 atom stereocenters. The van der Waals surface area contributed by atoms with Crippen LogP contribution < -0.4 is 10.6 Å². The lowest BCUT2D eigenvalue weighted by Crippen LogP contribution is -2.31. The molecule has 1 aromatic carbocycles. The van der Waals surface area contributed by atoms with Gasteiger partial charge in [-0.1, -0.05) is 18.2 Å². The topological polar surface area (TPSA) is 101 Å². The number of benzene rings is 1. The molecular weight excluding hydrogens is 414 g/mol. The van der Waals surface area contributed by atoms with Crippen LogP contribution in [0.4, 0.5) is 5.82 Å². The van der Waals surface area contributed by atoms with Gasteiger partial charge < -0.3 is 15.6 Å². The van der Waals surface area contributed by atoms with E-state index in [0.29, 0.717) is 17.9 Å². The third-order valence-corrected chi connectivity index (χ3v) is 6.24. The first-order valence-corrected chi connectivity index (χ1v) is 11.5. The van der Waals surface area contributed by atoms with E-state index in [9.17, 15) is 4.79 Å². The number of H-pyrrole nitrogens is 1. The van der Waals surface area contributed by atoms with Crippen LogP contribution in [-0.4, -0.2) is 37.7 Å². The van der Waals surface area contributed by atoms with Crippen molar-refractivity contribution in [1.82, 2.24) is 30.0 Å². The quantitative estimate of drug-likeness (QED) is 0.380. The molecule has 1 amide bonds. The summed E-state index contributed by atoms with van der Waals surface area (Å²) in [6, 6.07) is 9.84. The largest absolute Gasteiger partial charge is 0.373 e. The highest BCUT2D eigenvalue weighted by atomic mass is 16.1. The molecule has 0 spiro atoms. The minimum absolute atomic E-state index is 0.144. The predicted molar refractivity (Wildman–Crippen MR) is 128 cm³/mol. The van der Waals surface area contributed by atoms with Crippen molar-refractivity contribution in [3.05, 3.63) is 71.1 Å². The van der Waals surface area contributed by atoms with Crippen LogP contribution in [0, 0.1) is 6.92 Å². The summed E-state index contributed by atoms with van der Waals surface area (Å²) in [6.45, 7) is 4.59. The Kier molecular flexibility index (Phi) is 5.58. The van der Waals surface area contributed by atoms with Crippen LogP contribution in [0.1, 0.15) is 64.9 Å². The number of aromatic nitrogens is 5. The number of carbonyl (C=O) groups is 1. The number of hydrogen-bond donors (Lipinski definition) is 3. The maximum absolute atomic E-state index is 13.3. The van der Waals surface area contributed by atoms with Gasteiger partial charge in [0.05, 0.1) is 23.0 Å². The number of para-hydroxylation sites is 1. The van der Waals surface area contributed by atoms with E-state index in [4.69, 9.17) is 4.98 Å². The standard InChI is InChI=1S/C25H29N7O/c1-4-32-14-19(15(2)31-32)25(33)29-21(11-17-13-27-20-8-6-5-7-18(17)20)22-12-23(26-3)30-24(28-22)16-9-10-16/h5-8,12-14,16,21,27H,4,9-11H2,1-3H3,(H,29,33)(H,26,28,30). The lowest BCUT2D eigenvalue weighted by molar-refractivity contribution is 0.0935. The van der Waals surface area contributed by atoms with Crippen LogP contribution in [0.5, 0.6) is 0 Å². The van der Waals surface area contributed by atoms with E-state index in [1.165, 1.54) is 0 Å². The zero-order valence-corrected chi connectivity index (χ0v) is 19.2. The van der Waals surface area contributed by atoms with Crippen molar-refractivity contribution in [2.45, 2.75) is 51.6 Å². The van der Waals surface area contributed by atoms with Crippen molar-refractivity contribution in [2.24, 2.45) is 0 Å². The molecule has 1 fully saturated rings. The first kappa shape index (κ1) is 21.2. The molecular formula is C25H29N7O. The average molecular weight is 444 g/mol. The van der Waals surface area contributed by atoms with Crippen molar-refractivity contribution in [3.63, 3.8) is 0 Å². The molecule has 3 heterocycles. The highest BCUT2D eigenvalue weighted by Crippen LogP contribution is 2.39. The Morgan fingerprint density at radius 1 is 1.27 bits per heavy atom. The SMILES string of the molecule is CCn1cc(C(=O)NC(Cc2c[nH]c3ccccc23)c2cc(NC)nc(C3CC3)n2)c(C)n1. The van der Waals surface area contributed by atoms with Gasteiger partial charge in [-0.15, -0.1) is 0 Å². The van der Waals surface area contributed by atoms with Gasteiger partial charge in [0.15, 0.2) is 0 Å². The second-order valence-corrected chi connectivity index (χ2v) is 8.63. The van der Waals surface area contributed by atoms with Gasteiger partial charge in [0.2, 0.25) is 0 Å². The number of nitrogens with zero attached hydrogens (tertiary/aromatic N) is 4. The minimum Gasteiger partial charge on any atom is -0.373 e. The van der Waals surface area contributed by atoms with Crippen molar-refractivity contribution >= 4 is 22.6 Å². The Hall–Kier alpha value is -3.68. The van der Waals surface area contributed by atoms with Crippen LogP contribution in [0.3, 0.4) is 0 Å². The fraction of sp³-hybridized carbons (Fsp3) is 0.360. The molecule has 1 saturated carbocycles. The fourth-order valence-electron chi connectivity index (χ4n) is 4.20. The van der Waals surface area contributed by atoms with E-state index in [1.54, 1.807) is 4.68 Å². The Bertz CT molecular complexity index is 1300. The van der Waals surface area contributed by atoms with Crippen LogP contribution in [-0.2, 0) is 13.0 Å². The van der Waals surface area contributed by atoms with Gasteiger partial charge >= 0.3 is 0 Å². The minimum atomic E-state index is -0.311. The summed E-state index contributed by atoms with van der Waals surface area (Å²) in [5.74, 6) is 1.89. The fourth-order valence-corrected chi connectivity index (χ4v) is 4.20. The first-order chi connectivity index (χ1) is 16.1. The number of fused-ring (bicyclic) bond motifs is 1. The maximum Gasteiger partial charge on any atom is 0.255 e. The van der Waals surface area contributed by atoms with Crippen molar-refractivity contribution in [3.8, 4) is 0 Å². The van der Waals surface area contributed by atoms with Crippen molar-refractivity contribution in [2.75, 3.05) is 12.4 Å². The van der Waals surface area contributed by atoms with Crippen LogP contribution in [0.15, 0.2) is 42.7 Å². The Morgan fingerprint density at radius 3 is 2.82 bits per heavy atom. The summed E-state index contributed by atoms with van der Waals surface area (Å²) < 4.78 is 1.79. The molecule has 3 N–H and O–H groups in total. The molecule has 8 nitrogen and oxygen atoms in total. The molecule has 1 aliphatic rings. The molecule has 1 unspecified atom stereocenters. The normalized spacial score (nSPS) is 14.4. The number of nitrogens with one attached hydrogen (secondary N) is 3. The summed E-state index contributed by atoms with van der Waals surface area (Å²) in [7, 11) is 1.86. The highest BCUT2D eigenvalue weighted by Gasteiger charge is 2.29. The predicted octanol–water partition coefficient (Wildman–Crippen LogP) is 4.12. The van der Waals surface area contributed by atoms with Gasteiger partial charge in [-0.05, 0) is 38.3 Å². The Morgan fingerprint density at radius 2 is 2.09 bits per heavy atom. The molecule has 3 aromatic heterocycles. The lowest BCUT2D eigenvalue weighted by Gasteiger charge is -2.20. The summed E-state index contributed by atoms with van der Waals surface area (Å²) in [5, 5.41) is 12.0. The zero-order chi connectivity index (χ0) is 22.9. The van der Waals surface area contributed by atoms with Gasteiger partial charge in [-0.2, -0.15) is 5.10 Å². The number of rotatable bonds is 8. The molecule has 1 aliphatic carbocycles. The molecule has 4 aromatic rings. The second kappa shape index (κ2) is 8.69. The molecule has 33 heavy (non-hydrogen) atoms. The van der Waals surface area contributed by atoms with Crippen molar-refractivity contribution in [1.29, 1.82) is 0 Å². The Labute approximate surface area is 192 Å². The van der Waals surface area contributed by atoms with Gasteiger partial charge in [-0.3, -0.25) is 9.48 Å². The number of hydrogen-bond acceptors (Lipinski definition) is 5. The number of aryl methyl sites for hydroxylation is 2. The summed E-state index contributed by atoms with van der Waals surface area (Å²) in [5.41, 5.74) is 4.34. The molecule has 5 rings (SSSR count). The summed E-state index contributed by atoms with van der Waals surface area (Å²) in [6.07, 6.45) is 6.66. The third kappa shape index (κ3) is 4.33. The van der Waals surface area contributed by atoms with Crippen LogP contribution in [0.25, 0.3) is 10.9 Å². The number of amides is 1. The number of anilines is 1. The van der Waals surface area contributed by atoms with E-state index in [-0.39, 0.29) is 11.9 Å². The zero-order valence-electron chi connectivity index (χ0n) is 19.2. The lowest BCUT2D eigenvalue weighted by atomic mass is 10.0. The summed E-state index contributed by atoms with van der Waals surface area (Å²) >= 11 is 0. The monoisotopic (exact) mass is 443 g/mol. The van der Waals surface area contributed by atoms with E-state index in [1.807, 2.05) is 51.5 Å². The Balaban J connectivity index is 1.52. The molecule has 0 radical (unpaired) electrons. The number of aromatic amines is 1. The second-order valence-electron chi connectivity index (χ2n) is 8.63. The third-order valence-electron chi connectivity index (χ3n) is 6.24. The first-order valence-electron chi connectivity index (χ1n) is 11.5. The van der Waals surface area contributed by atoms with Gasteiger partial charge in [0.1, 0.15) is 11.6 Å². The van der Waals surface area contributed by atoms with Crippen LogP contribution in [0.2, 0.25) is 0 Å². The smallest absolute Gasteiger partial charge is 0.255 e. The highest BCUT2D eigenvalue weighted by molar-refractivity contribution is 5.95. The van der Waals surface area contributed by atoms with E-state index in [2.05, 4.69) is 37.8 Å². The van der Waals surface area contributed by atoms with Crippen molar-refractivity contribution < 1.29 is 4.79 Å². The molecule has 0 saturated heterocycles. The van der Waals surface area contributed by atoms with Crippen LogP contribution >= 0.6 is 0 Å². The van der Waals surface area contributed by atoms with Gasteiger partial charge in [0.25, 0.3) is 5.91 Å². The maximum atomic E-state index is 13.3. The van der Waals surface area contributed by atoms with Gasteiger partial charge in [0, 0.05) is 55.3 Å². The molecule has 8 heteroatoms. The van der Waals surface area contributed by atoms with E-state index in [0.717, 1.165) is 58.9 Å². The summed E-state index contributed by atoms with van der Waals surface area (Å²) in [4.78, 5) is 26.2. The average Bonchev–Trinajstić information content (AvgIpc) is 3.51. The molecule has 170 valence electrons. The van der Waals surface area contributed by atoms with Gasteiger partial charge in [-0.25, -0.2) is 9.97 Å². The number of carbonyl (C=O) groups excluding carboxylic acids is 1. The van der Waals surface area contributed by atoms with E-state index < -0.39 is 0 Å². The van der Waals surface area contributed by atoms with E-state index >= 15 is 0 Å². The molecule has 0 aliphatic heterocycles. The molecule has 0 bridgehead atoms.